The van der Waals surface area contributed by atoms with Crippen molar-refractivity contribution < 1.29 is 5.11 Å². The highest BCUT2D eigenvalue weighted by Gasteiger charge is 2.11. The van der Waals surface area contributed by atoms with Gasteiger partial charge in [0.1, 0.15) is 11.4 Å². The Kier molecular flexibility index (Phi) is 3.36. The predicted octanol–water partition coefficient (Wildman–Crippen LogP) is 2.23. The molecule has 3 rings (SSSR count). The molecule has 7 nitrogen and oxygen atoms in total. The molecule has 0 bridgehead atoms. The SMILES string of the molecule is Cc1cc(-c2n[nH]c(=S)n2/N=C\c2ccccc2O)n[nH]1. The van der Waals surface area contributed by atoms with Gasteiger partial charge in [-0.05, 0) is 37.3 Å². The summed E-state index contributed by atoms with van der Waals surface area (Å²) in [6.07, 6.45) is 1.52. The van der Waals surface area contributed by atoms with E-state index in [-0.39, 0.29) is 5.75 Å². The number of phenolic OH excluding ortho intramolecular Hbond substituents is 1. The van der Waals surface area contributed by atoms with Crippen molar-refractivity contribution in [3.05, 3.63) is 46.4 Å². The van der Waals surface area contributed by atoms with Crippen molar-refractivity contribution in [3.8, 4) is 17.3 Å². The van der Waals surface area contributed by atoms with Gasteiger partial charge >= 0.3 is 0 Å². The molecule has 106 valence electrons. The highest BCUT2D eigenvalue weighted by molar-refractivity contribution is 7.71. The molecule has 0 fully saturated rings. The maximum atomic E-state index is 9.73. The number of phenols is 1. The Morgan fingerprint density at radius 3 is 2.81 bits per heavy atom. The molecule has 0 saturated carbocycles. The number of nitrogens with one attached hydrogen (secondary N) is 2. The number of nitrogens with zero attached hydrogens (tertiary/aromatic N) is 4. The van der Waals surface area contributed by atoms with Crippen LogP contribution in [0.4, 0.5) is 0 Å². The number of aromatic nitrogens is 5. The summed E-state index contributed by atoms with van der Waals surface area (Å²) < 4.78 is 1.80. The summed E-state index contributed by atoms with van der Waals surface area (Å²) in [7, 11) is 0. The molecule has 0 aliphatic carbocycles. The maximum absolute atomic E-state index is 9.73. The number of aryl methyl sites for hydroxylation is 1. The maximum Gasteiger partial charge on any atom is 0.216 e. The fourth-order valence-electron chi connectivity index (χ4n) is 1.81. The van der Waals surface area contributed by atoms with Crippen LogP contribution in [0.5, 0.6) is 5.75 Å². The standard InChI is InChI=1S/C13H12N6OS/c1-8-6-10(16-15-8)12-17-18-13(21)19(12)14-7-9-4-2-3-5-11(9)20/h2-7,20H,1H3,(H,15,16)(H,18,21)/b14-7-. The Balaban J connectivity index is 2.02. The Morgan fingerprint density at radius 2 is 2.10 bits per heavy atom. The van der Waals surface area contributed by atoms with Crippen molar-refractivity contribution in [3.63, 3.8) is 0 Å². The quantitative estimate of drug-likeness (QED) is 0.510. The Labute approximate surface area is 125 Å². The van der Waals surface area contributed by atoms with Crippen LogP contribution >= 0.6 is 12.2 Å². The highest BCUT2D eigenvalue weighted by Crippen LogP contribution is 2.16. The molecule has 0 unspecified atom stereocenters. The van der Waals surface area contributed by atoms with E-state index in [2.05, 4.69) is 25.5 Å². The molecule has 0 amide bonds. The van der Waals surface area contributed by atoms with E-state index in [0.717, 1.165) is 5.69 Å². The number of para-hydroxylation sites is 1. The third-order valence-electron chi connectivity index (χ3n) is 2.83. The van der Waals surface area contributed by atoms with Gasteiger partial charge in [-0.25, -0.2) is 5.10 Å². The molecule has 0 radical (unpaired) electrons. The summed E-state index contributed by atoms with van der Waals surface area (Å²) in [6.45, 7) is 1.90. The fraction of sp³-hybridized carbons (Fsp3) is 0.0769. The van der Waals surface area contributed by atoms with Gasteiger partial charge in [-0.1, -0.05) is 12.1 Å². The third kappa shape index (κ3) is 2.61. The van der Waals surface area contributed by atoms with Crippen LogP contribution in [0.3, 0.4) is 0 Å². The summed E-state index contributed by atoms with van der Waals surface area (Å²) in [4.78, 5) is 0. The second kappa shape index (κ2) is 5.33. The number of aromatic amines is 2. The molecule has 8 heteroatoms. The van der Waals surface area contributed by atoms with Crippen LogP contribution in [0.25, 0.3) is 11.5 Å². The van der Waals surface area contributed by atoms with E-state index in [4.69, 9.17) is 12.2 Å². The molecule has 0 atom stereocenters. The van der Waals surface area contributed by atoms with E-state index in [1.54, 1.807) is 18.2 Å². The van der Waals surface area contributed by atoms with E-state index < -0.39 is 0 Å². The Morgan fingerprint density at radius 1 is 1.29 bits per heavy atom. The molecule has 0 aliphatic heterocycles. The van der Waals surface area contributed by atoms with Gasteiger partial charge in [0.15, 0.2) is 0 Å². The first-order chi connectivity index (χ1) is 10.1. The van der Waals surface area contributed by atoms with Crippen LogP contribution in [-0.4, -0.2) is 36.4 Å². The van der Waals surface area contributed by atoms with Gasteiger partial charge in [0.05, 0.1) is 6.21 Å². The zero-order chi connectivity index (χ0) is 14.8. The third-order valence-corrected chi connectivity index (χ3v) is 3.10. The summed E-state index contributed by atoms with van der Waals surface area (Å²) in [6, 6.07) is 8.74. The molecule has 0 saturated heterocycles. The molecule has 3 aromatic rings. The minimum absolute atomic E-state index is 0.147. The first kappa shape index (κ1) is 13.3. The number of hydrogen-bond acceptors (Lipinski definition) is 5. The van der Waals surface area contributed by atoms with Gasteiger partial charge in [0.25, 0.3) is 0 Å². The number of hydrogen-bond donors (Lipinski definition) is 3. The fourth-order valence-corrected chi connectivity index (χ4v) is 1.99. The molecule has 1 aromatic carbocycles. The zero-order valence-electron chi connectivity index (χ0n) is 11.1. The summed E-state index contributed by atoms with van der Waals surface area (Å²) in [5.41, 5.74) is 2.13. The smallest absolute Gasteiger partial charge is 0.216 e. The van der Waals surface area contributed by atoms with Crippen LogP contribution in [0.15, 0.2) is 35.4 Å². The molecule has 0 aliphatic rings. The van der Waals surface area contributed by atoms with Gasteiger partial charge < -0.3 is 5.11 Å². The predicted molar refractivity (Wildman–Crippen MR) is 80.8 cm³/mol. The monoisotopic (exact) mass is 300 g/mol. The lowest BCUT2D eigenvalue weighted by Crippen LogP contribution is -1.95. The zero-order valence-corrected chi connectivity index (χ0v) is 11.9. The second-order valence-corrected chi connectivity index (χ2v) is 4.79. The molecule has 21 heavy (non-hydrogen) atoms. The van der Waals surface area contributed by atoms with Crippen molar-refractivity contribution in [2.75, 3.05) is 0 Å². The van der Waals surface area contributed by atoms with Crippen molar-refractivity contribution in [2.45, 2.75) is 6.92 Å². The normalized spacial score (nSPS) is 11.3. The van der Waals surface area contributed by atoms with Gasteiger partial charge in [0, 0.05) is 11.3 Å². The molecule has 3 N–H and O–H groups in total. The number of rotatable bonds is 3. The number of H-pyrrole nitrogens is 2. The van der Waals surface area contributed by atoms with Gasteiger partial charge in [-0.2, -0.15) is 20.0 Å². The van der Waals surface area contributed by atoms with Crippen molar-refractivity contribution in [1.82, 2.24) is 25.1 Å². The minimum Gasteiger partial charge on any atom is -0.507 e. The molecule has 0 spiro atoms. The molecular weight excluding hydrogens is 288 g/mol. The Hall–Kier alpha value is -2.74. The summed E-state index contributed by atoms with van der Waals surface area (Å²) in [5, 5.41) is 27.8. The van der Waals surface area contributed by atoms with Gasteiger partial charge in [0.2, 0.25) is 10.6 Å². The average Bonchev–Trinajstić information content (AvgIpc) is 3.04. The van der Waals surface area contributed by atoms with Crippen molar-refractivity contribution in [2.24, 2.45) is 5.10 Å². The average molecular weight is 300 g/mol. The molecule has 2 heterocycles. The van der Waals surface area contributed by atoms with E-state index in [9.17, 15) is 5.11 Å². The van der Waals surface area contributed by atoms with E-state index >= 15 is 0 Å². The first-order valence-corrected chi connectivity index (χ1v) is 6.58. The Bertz CT molecular complexity index is 859. The summed E-state index contributed by atoms with van der Waals surface area (Å²) >= 11 is 5.16. The van der Waals surface area contributed by atoms with Crippen LogP contribution in [0, 0.1) is 11.7 Å². The van der Waals surface area contributed by atoms with Gasteiger partial charge in [-0.15, -0.1) is 0 Å². The number of aromatic hydroxyl groups is 1. The first-order valence-electron chi connectivity index (χ1n) is 6.17. The lowest BCUT2D eigenvalue weighted by molar-refractivity contribution is 0.474. The van der Waals surface area contributed by atoms with E-state index in [1.807, 2.05) is 19.1 Å². The second-order valence-electron chi connectivity index (χ2n) is 4.40. The van der Waals surface area contributed by atoms with Crippen molar-refractivity contribution in [1.29, 1.82) is 0 Å². The number of benzene rings is 1. The van der Waals surface area contributed by atoms with Crippen LogP contribution in [0.1, 0.15) is 11.3 Å². The van der Waals surface area contributed by atoms with E-state index in [1.165, 1.54) is 10.9 Å². The molecular formula is C13H12N6OS. The molecule has 2 aromatic heterocycles. The minimum atomic E-state index is 0.147. The van der Waals surface area contributed by atoms with Crippen LogP contribution in [0.2, 0.25) is 0 Å². The lowest BCUT2D eigenvalue weighted by Gasteiger charge is -1.99. The summed E-state index contributed by atoms with van der Waals surface area (Å²) in [5.74, 6) is 0.643. The largest absolute Gasteiger partial charge is 0.507 e. The van der Waals surface area contributed by atoms with Crippen molar-refractivity contribution >= 4 is 18.4 Å². The van der Waals surface area contributed by atoms with Crippen LogP contribution < -0.4 is 0 Å². The van der Waals surface area contributed by atoms with Gasteiger partial charge in [-0.3, -0.25) is 5.10 Å². The highest BCUT2D eigenvalue weighted by atomic mass is 32.1. The van der Waals surface area contributed by atoms with E-state index in [0.29, 0.717) is 21.9 Å². The topological polar surface area (TPSA) is 94.9 Å². The van der Waals surface area contributed by atoms with Crippen LogP contribution in [-0.2, 0) is 0 Å². The lowest BCUT2D eigenvalue weighted by atomic mass is 10.2.